The summed E-state index contributed by atoms with van der Waals surface area (Å²) in [5.74, 6) is -0.342. The zero-order valence-corrected chi connectivity index (χ0v) is 14.4. The standard InChI is InChI=1S/C19H21ClN2O2/c1-14-2-4-15(5-3-14)8-11-18(23)22-13-19(24)21-12-16-6-9-17(20)10-7-16/h2-7,9-10H,8,11-13H2,1H3,(H,21,24)(H,22,23). The maximum absolute atomic E-state index is 11.8. The van der Waals surface area contributed by atoms with E-state index in [1.54, 1.807) is 12.1 Å². The third kappa shape index (κ3) is 6.42. The molecule has 0 aromatic heterocycles. The van der Waals surface area contributed by atoms with Gasteiger partial charge in [-0.3, -0.25) is 9.59 Å². The molecule has 0 aliphatic rings. The molecule has 0 unspecified atom stereocenters. The molecule has 0 bridgehead atoms. The van der Waals surface area contributed by atoms with E-state index in [4.69, 9.17) is 11.6 Å². The van der Waals surface area contributed by atoms with Crippen LogP contribution in [0.4, 0.5) is 0 Å². The molecule has 0 saturated heterocycles. The topological polar surface area (TPSA) is 58.2 Å². The van der Waals surface area contributed by atoms with Crippen LogP contribution >= 0.6 is 11.6 Å². The largest absolute Gasteiger partial charge is 0.350 e. The monoisotopic (exact) mass is 344 g/mol. The van der Waals surface area contributed by atoms with Gasteiger partial charge in [-0.2, -0.15) is 0 Å². The van der Waals surface area contributed by atoms with Gasteiger partial charge in [0.15, 0.2) is 0 Å². The Labute approximate surface area is 147 Å². The smallest absolute Gasteiger partial charge is 0.239 e. The first-order chi connectivity index (χ1) is 11.5. The fourth-order valence-corrected chi connectivity index (χ4v) is 2.27. The van der Waals surface area contributed by atoms with E-state index in [2.05, 4.69) is 10.6 Å². The predicted molar refractivity (Wildman–Crippen MR) is 95.8 cm³/mol. The molecule has 0 radical (unpaired) electrons. The molecule has 0 saturated carbocycles. The SMILES string of the molecule is Cc1ccc(CCC(=O)NCC(=O)NCc2ccc(Cl)cc2)cc1. The van der Waals surface area contributed by atoms with Crippen LogP contribution in [0, 0.1) is 6.92 Å². The molecule has 5 heteroatoms. The Kier molecular flexibility index (Phi) is 6.82. The fraction of sp³-hybridized carbons (Fsp3) is 0.263. The Morgan fingerprint density at radius 3 is 2.17 bits per heavy atom. The van der Waals surface area contributed by atoms with Gasteiger partial charge in [0.2, 0.25) is 11.8 Å². The quantitative estimate of drug-likeness (QED) is 0.811. The Morgan fingerprint density at radius 2 is 1.50 bits per heavy atom. The molecule has 2 rings (SSSR count). The highest BCUT2D eigenvalue weighted by Crippen LogP contribution is 2.09. The molecule has 2 amide bonds. The molecular formula is C19H21ClN2O2. The van der Waals surface area contributed by atoms with Gasteiger partial charge in [0, 0.05) is 18.0 Å². The van der Waals surface area contributed by atoms with Crippen LogP contribution < -0.4 is 10.6 Å². The number of carbonyl (C=O) groups excluding carboxylic acids is 2. The highest BCUT2D eigenvalue weighted by molar-refractivity contribution is 6.30. The summed E-state index contributed by atoms with van der Waals surface area (Å²) in [5, 5.41) is 6.05. The van der Waals surface area contributed by atoms with Crippen LogP contribution in [0.5, 0.6) is 0 Å². The van der Waals surface area contributed by atoms with Crippen molar-refractivity contribution in [1.82, 2.24) is 10.6 Å². The number of carbonyl (C=O) groups is 2. The minimum absolute atomic E-state index is 0.0136. The highest BCUT2D eigenvalue weighted by atomic mass is 35.5. The van der Waals surface area contributed by atoms with Gasteiger partial charge in [-0.15, -0.1) is 0 Å². The van der Waals surface area contributed by atoms with Gasteiger partial charge in [-0.25, -0.2) is 0 Å². The average molecular weight is 345 g/mol. The van der Waals surface area contributed by atoms with Crippen molar-refractivity contribution in [3.8, 4) is 0 Å². The molecule has 126 valence electrons. The van der Waals surface area contributed by atoms with E-state index >= 15 is 0 Å². The van der Waals surface area contributed by atoms with Crippen molar-refractivity contribution >= 4 is 23.4 Å². The zero-order chi connectivity index (χ0) is 17.4. The minimum Gasteiger partial charge on any atom is -0.350 e. The zero-order valence-electron chi connectivity index (χ0n) is 13.6. The second kappa shape index (κ2) is 9.08. The summed E-state index contributed by atoms with van der Waals surface area (Å²) in [7, 11) is 0. The van der Waals surface area contributed by atoms with Crippen LogP contribution in [0.3, 0.4) is 0 Å². The van der Waals surface area contributed by atoms with Crippen molar-refractivity contribution in [1.29, 1.82) is 0 Å². The van der Waals surface area contributed by atoms with Crippen molar-refractivity contribution in [2.75, 3.05) is 6.54 Å². The molecule has 24 heavy (non-hydrogen) atoms. The van der Waals surface area contributed by atoms with Gasteiger partial charge < -0.3 is 10.6 Å². The number of halogens is 1. The van der Waals surface area contributed by atoms with Crippen molar-refractivity contribution < 1.29 is 9.59 Å². The first kappa shape index (κ1) is 18.0. The van der Waals surface area contributed by atoms with Gasteiger partial charge in [-0.05, 0) is 36.6 Å². The number of hydrogen-bond acceptors (Lipinski definition) is 2. The minimum atomic E-state index is -0.214. The van der Waals surface area contributed by atoms with Crippen LogP contribution in [0.2, 0.25) is 5.02 Å². The second-order valence-electron chi connectivity index (χ2n) is 5.67. The van der Waals surface area contributed by atoms with Crippen molar-refractivity contribution in [2.45, 2.75) is 26.3 Å². The summed E-state index contributed by atoms with van der Waals surface area (Å²) < 4.78 is 0. The Morgan fingerprint density at radius 1 is 0.875 bits per heavy atom. The first-order valence-corrected chi connectivity index (χ1v) is 8.24. The van der Waals surface area contributed by atoms with Crippen LogP contribution in [-0.2, 0) is 22.6 Å². The number of rotatable bonds is 7. The number of aryl methyl sites for hydroxylation is 2. The normalized spacial score (nSPS) is 10.2. The molecule has 0 aliphatic carbocycles. The summed E-state index contributed by atoms with van der Waals surface area (Å²) in [5.41, 5.74) is 3.27. The lowest BCUT2D eigenvalue weighted by atomic mass is 10.1. The van der Waals surface area contributed by atoms with E-state index in [1.165, 1.54) is 5.56 Å². The van der Waals surface area contributed by atoms with Gasteiger partial charge in [0.05, 0.1) is 6.54 Å². The molecule has 2 aromatic rings. The Hall–Kier alpha value is -2.33. The maximum Gasteiger partial charge on any atom is 0.239 e. The number of hydrogen-bond donors (Lipinski definition) is 2. The average Bonchev–Trinajstić information content (AvgIpc) is 2.59. The molecule has 4 nitrogen and oxygen atoms in total. The molecule has 2 aromatic carbocycles. The number of benzene rings is 2. The first-order valence-electron chi connectivity index (χ1n) is 7.86. The fourth-order valence-electron chi connectivity index (χ4n) is 2.15. The van der Waals surface area contributed by atoms with E-state index in [9.17, 15) is 9.59 Å². The summed E-state index contributed by atoms with van der Waals surface area (Å²) >= 11 is 5.81. The Bertz CT molecular complexity index is 620. The summed E-state index contributed by atoms with van der Waals surface area (Å²) in [6.45, 7) is 2.43. The molecule has 0 spiro atoms. The molecule has 0 heterocycles. The highest BCUT2D eigenvalue weighted by Gasteiger charge is 2.06. The van der Waals surface area contributed by atoms with Gasteiger partial charge in [0.25, 0.3) is 0 Å². The van der Waals surface area contributed by atoms with Gasteiger partial charge in [0.1, 0.15) is 0 Å². The van der Waals surface area contributed by atoms with E-state index < -0.39 is 0 Å². The lowest BCUT2D eigenvalue weighted by molar-refractivity contribution is -0.126. The van der Waals surface area contributed by atoms with E-state index in [1.807, 2.05) is 43.3 Å². The van der Waals surface area contributed by atoms with Crippen LogP contribution in [0.1, 0.15) is 23.1 Å². The molecule has 0 atom stereocenters. The lowest BCUT2D eigenvalue weighted by Gasteiger charge is -2.07. The lowest BCUT2D eigenvalue weighted by Crippen LogP contribution is -2.36. The maximum atomic E-state index is 11.8. The Balaban J connectivity index is 1.64. The van der Waals surface area contributed by atoms with E-state index in [0.29, 0.717) is 24.4 Å². The summed E-state index contributed by atoms with van der Waals surface area (Å²) in [6.07, 6.45) is 1.03. The predicted octanol–water partition coefficient (Wildman–Crippen LogP) is 3.01. The molecule has 0 fully saturated rings. The van der Waals surface area contributed by atoms with Crippen LogP contribution in [-0.4, -0.2) is 18.4 Å². The number of nitrogens with one attached hydrogen (secondary N) is 2. The molecule has 2 N–H and O–H groups in total. The summed E-state index contributed by atoms with van der Waals surface area (Å²) in [6, 6.07) is 15.3. The third-order valence-corrected chi connectivity index (χ3v) is 3.86. The van der Waals surface area contributed by atoms with E-state index in [-0.39, 0.29) is 18.4 Å². The third-order valence-electron chi connectivity index (χ3n) is 3.61. The second-order valence-corrected chi connectivity index (χ2v) is 6.10. The van der Waals surface area contributed by atoms with Gasteiger partial charge in [-0.1, -0.05) is 53.6 Å². The summed E-state index contributed by atoms with van der Waals surface area (Å²) in [4.78, 5) is 23.5. The van der Waals surface area contributed by atoms with Crippen molar-refractivity contribution in [2.24, 2.45) is 0 Å². The van der Waals surface area contributed by atoms with Crippen LogP contribution in [0.25, 0.3) is 0 Å². The van der Waals surface area contributed by atoms with Crippen molar-refractivity contribution in [3.63, 3.8) is 0 Å². The number of amides is 2. The van der Waals surface area contributed by atoms with Gasteiger partial charge >= 0.3 is 0 Å². The van der Waals surface area contributed by atoms with Crippen molar-refractivity contribution in [3.05, 3.63) is 70.2 Å². The molecule has 0 aliphatic heterocycles. The van der Waals surface area contributed by atoms with Crippen LogP contribution in [0.15, 0.2) is 48.5 Å². The molecular weight excluding hydrogens is 324 g/mol. The van der Waals surface area contributed by atoms with E-state index in [0.717, 1.165) is 11.1 Å².